The Labute approximate surface area is 65.0 Å². The minimum atomic E-state index is -0.0890. The maximum Gasteiger partial charge on any atom is 0.325 e. The first-order valence-corrected chi connectivity index (χ1v) is 3.73. The van der Waals surface area contributed by atoms with Crippen LogP contribution in [-0.2, 0) is 6.54 Å². The van der Waals surface area contributed by atoms with Crippen LogP contribution in [0.5, 0.6) is 0 Å². The highest BCUT2D eigenvalue weighted by Gasteiger charge is 2.01. The predicted molar refractivity (Wildman–Crippen MR) is 43.3 cm³/mol. The van der Waals surface area contributed by atoms with Gasteiger partial charge in [-0.3, -0.25) is 4.57 Å². The fourth-order valence-corrected chi connectivity index (χ4v) is 0.875. The van der Waals surface area contributed by atoms with Crippen molar-refractivity contribution in [1.82, 2.24) is 9.55 Å². The van der Waals surface area contributed by atoms with Crippen LogP contribution in [0.1, 0.15) is 13.3 Å². The molecule has 0 radical (unpaired) electrons. The number of H-pyrrole nitrogens is 1. The third-order valence-electron chi connectivity index (χ3n) is 1.68. The van der Waals surface area contributed by atoms with Gasteiger partial charge < -0.3 is 10.7 Å². The minimum absolute atomic E-state index is 0.0727. The summed E-state index contributed by atoms with van der Waals surface area (Å²) < 4.78 is 1.58. The number of imidazole rings is 1. The Balaban J connectivity index is 2.64. The lowest BCUT2D eigenvalue weighted by atomic mass is 10.2. The van der Waals surface area contributed by atoms with Gasteiger partial charge in [0.15, 0.2) is 0 Å². The second-order valence-corrected chi connectivity index (χ2v) is 2.59. The second kappa shape index (κ2) is 3.39. The van der Waals surface area contributed by atoms with Crippen molar-refractivity contribution in [2.24, 2.45) is 5.73 Å². The molecule has 11 heavy (non-hydrogen) atoms. The fraction of sp³-hybridized carbons (Fsp3) is 0.571. The molecule has 3 N–H and O–H groups in total. The largest absolute Gasteiger partial charge is 0.326 e. The maximum absolute atomic E-state index is 10.9. The van der Waals surface area contributed by atoms with Crippen molar-refractivity contribution in [2.45, 2.75) is 25.9 Å². The van der Waals surface area contributed by atoms with Gasteiger partial charge in [0.05, 0.1) is 0 Å². The molecule has 0 aromatic carbocycles. The van der Waals surface area contributed by atoms with Gasteiger partial charge in [-0.25, -0.2) is 4.79 Å². The first-order valence-electron chi connectivity index (χ1n) is 3.73. The zero-order valence-corrected chi connectivity index (χ0v) is 6.58. The van der Waals surface area contributed by atoms with E-state index in [0.29, 0.717) is 6.54 Å². The summed E-state index contributed by atoms with van der Waals surface area (Å²) in [6.07, 6.45) is 4.21. The van der Waals surface area contributed by atoms with E-state index in [4.69, 9.17) is 5.73 Å². The molecule has 0 fully saturated rings. The van der Waals surface area contributed by atoms with E-state index in [2.05, 4.69) is 4.98 Å². The van der Waals surface area contributed by atoms with Crippen LogP contribution in [0.3, 0.4) is 0 Å². The summed E-state index contributed by atoms with van der Waals surface area (Å²) in [4.78, 5) is 13.5. The minimum Gasteiger partial charge on any atom is -0.326 e. The van der Waals surface area contributed by atoms with E-state index in [1.54, 1.807) is 17.0 Å². The number of hydrogen-bond donors (Lipinski definition) is 2. The van der Waals surface area contributed by atoms with E-state index >= 15 is 0 Å². The number of nitrogens with one attached hydrogen (secondary N) is 1. The van der Waals surface area contributed by atoms with Gasteiger partial charge in [-0.1, -0.05) is 6.92 Å². The van der Waals surface area contributed by atoms with Gasteiger partial charge in [0.1, 0.15) is 0 Å². The van der Waals surface area contributed by atoms with Crippen molar-refractivity contribution >= 4 is 0 Å². The van der Waals surface area contributed by atoms with Crippen molar-refractivity contribution in [1.29, 1.82) is 0 Å². The van der Waals surface area contributed by atoms with Gasteiger partial charge in [0.2, 0.25) is 0 Å². The molecule has 0 aliphatic carbocycles. The molecule has 0 aliphatic heterocycles. The monoisotopic (exact) mass is 155 g/mol. The Morgan fingerprint density at radius 2 is 2.55 bits per heavy atom. The first-order chi connectivity index (χ1) is 5.24. The molecular formula is C7H13N3O. The van der Waals surface area contributed by atoms with E-state index in [-0.39, 0.29) is 11.7 Å². The molecule has 1 rings (SSSR count). The van der Waals surface area contributed by atoms with Crippen LogP contribution in [0.2, 0.25) is 0 Å². The van der Waals surface area contributed by atoms with E-state index in [0.717, 1.165) is 6.42 Å². The Hall–Kier alpha value is -1.03. The van der Waals surface area contributed by atoms with E-state index in [9.17, 15) is 4.79 Å². The van der Waals surface area contributed by atoms with Gasteiger partial charge in [-0.15, -0.1) is 0 Å². The van der Waals surface area contributed by atoms with Gasteiger partial charge in [-0.2, -0.15) is 0 Å². The summed E-state index contributed by atoms with van der Waals surface area (Å²) in [5.74, 6) is 0. The Kier molecular flexibility index (Phi) is 2.48. The highest BCUT2D eigenvalue weighted by molar-refractivity contribution is 4.77. The van der Waals surface area contributed by atoms with E-state index < -0.39 is 0 Å². The van der Waals surface area contributed by atoms with Crippen molar-refractivity contribution in [2.75, 3.05) is 0 Å². The molecule has 1 aromatic heterocycles. The number of hydrogen-bond acceptors (Lipinski definition) is 2. The summed E-state index contributed by atoms with van der Waals surface area (Å²) in [6, 6.07) is 0.0727. The van der Waals surface area contributed by atoms with Crippen LogP contribution >= 0.6 is 0 Å². The molecule has 0 bridgehead atoms. The zero-order chi connectivity index (χ0) is 8.27. The van der Waals surface area contributed by atoms with Crippen LogP contribution in [-0.4, -0.2) is 15.6 Å². The molecular weight excluding hydrogens is 142 g/mol. The van der Waals surface area contributed by atoms with E-state index in [1.165, 1.54) is 0 Å². The zero-order valence-electron chi connectivity index (χ0n) is 6.58. The van der Waals surface area contributed by atoms with Gasteiger partial charge in [-0.05, 0) is 6.42 Å². The highest BCUT2D eigenvalue weighted by atomic mass is 16.1. The lowest BCUT2D eigenvalue weighted by Gasteiger charge is -2.07. The molecule has 0 spiro atoms. The number of aromatic amines is 1. The van der Waals surface area contributed by atoms with Crippen molar-refractivity contribution in [3.63, 3.8) is 0 Å². The van der Waals surface area contributed by atoms with Gasteiger partial charge in [0.25, 0.3) is 0 Å². The molecule has 4 heteroatoms. The summed E-state index contributed by atoms with van der Waals surface area (Å²) in [5.41, 5.74) is 5.57. The molecule has 1 atom stereocenters. The first kappa shape index (κ1) is 8.07. The van der Waals surface area contributed by atoms with Crippen molar-refractivity contribution in [3.8, 4) is 0 Å². The van der Waals surface area contributed by atoms with Crippen molar-refractivity contribution < 1.29 is 0 Å². The topological polar surface area (TPSA) is 63.8 Å². The molecule has 4 nitrogen and oxygen atoms in total. The van der Waals surface area contributed by atoms with Crippen molar-refractivity contribution in [3.05, 3.63) is 22.9 Å². The third kappa shape index (κ3) is 1.94. The number of nitrogens with two attached hydrogens (primary N) is 1. The summed E-state index contributed by atoms with van der Waals surface area (Å²) in [7, 11) is 0. The third-order valence-corrected chi connectivity index (χ3v) is 1.68. The molecule has 0 amide bonds. The summed E-state index contributed by atoms with van der Waals surface area (Å²) in [6.45, 7) is 2.60. The fourth-order valence-electron chi connectivity index (χ4n) is 0.875. The standard InChI is InChI=1S/C7H13N3O/c1-2-6(8)5-10-4-3-9-7(10)11/h3-4,6H,2,5,8H2,1H3,(H,9,11). The molecule has 0 saturated carbocycles. The lowest BCUT2D eigenvalue weighted by molar-refractivity contribution is 0.528. The molecule has 1 heterocycles. The molecule has 1 aromatic rings. The smallest absolute Gasteiger partial charge is 0.325 e. The molecule has 62 valence electrons. The van der Waals surface area contributed by atoms with E-state index in [1.807, 2.05) is 6.92 Å². The second-order valence-electron chi connectivity index (χ2n) is 2.59. The highest BCUT2D eigenvalue weighted by Crippen LogP contribution is 1.89. The Bertz CT molecular complexity index is 263. The average Bonchev–Trinajstić information content (AvgIpc) is 2.37. The predicted octanol–water partition coefficient (Wildman–Crippen LogP) is -0.0863. The summed E-state index contributed by atoms with van der Waals surface area (Å²) in [5, 5.41) is 0. The summed E-state index contributed by atoms with van der Waals surface area (Å²) >= 11 is 0. The van der Waals surface area contributed by atoms with Crippen LogP contribution in [0, 0.1) is 0 Å². The lowest BCUT2D eigenvalue weighted by Crippen LogP contribution is -2.29. The molecule has 1 unspecified atom stereocenters. The van der Waals surface area contributed by atoms with Gasteiger partial charge in [0, 0.05) is 25.0 Å². The number of aromatic nitrogens is 2. The average molecular weight is 155 g/mol. The molecule has 0 aliphatic rings. The normalized spacial score (nSPS) is 13.3. The number of rotatable bonds is 3. The number of nitrogens with zero attached hydrogens (tertiary/aromatic N) is 1. The quantitative estimate of drug-likeness (QED) is 0.641. The maximum atomic E-state index is 10.9. The van der Waals surface area contributed by atoms with Crippen LogP contribution in [0.25, 0.3) is 0 Å². The van der Waals surface area contributed by atoms with Crippen LogP contribution in [0.4, 0.5) is 0 Å². The Morgan fingerprint density at radius 3 is 3.00 bits per heavy atom. The Morgan fingerprint density at radius 1 is 1.82 bits per heavy atom. The SMILES string of the molecule is CCC(N)Cn1cc[nH]c1=O. The van der Waals surface area contributed by atoms with Gasteiger partial charge >= 0.3 is 5.69 Å². The van der Waals surface area contributed by atoms with Crippen LogP contribution < -0.4 is 11.4 Å². The van der Waals surface area contributed by atoms with Crippen LogP contribution in [0.15, 0.2) is 17.2 Å². The molecule has 0 saturated heterocycles.